The Labute approximate surface area is 126 Å². The maximum Gasteiger partial charge on any atom is 0.209 e. The lowest BCUT2D eigenvalue weighted by atomic mass is 9.68. The summed E-state index contributed by atoms with van der Waals surface area (Å²) in [7, 11) is 3.98. The van der Waals surface area contributed by atoms with E-state index in [1.54, 1.807) is 4.68 Å². The number of tetrazole rings is 1. The van der Waals surface area contributed by atoms with Crippen LogP contribution in [-0.2, 0) is 7.05 Å². The Bertz CT molecular complexity index is 431. The highest BCUT2D eigenvalue weighted by Gasteiger charge is 2.37. The molecule has 0 spiro atoms. The molecule has 114 valence electrons. The van der Waals surface area contributed by atoms with Gasteiger partial charge in [0.25, 0.3) is 0 Å². The fourth-order valence-corrected chi connectivity index (χ4v) is 4.35. The monoisotopic (exact) mass is 297 g/mol. The predicted molar refractivity (Wildman–Crippen MR) is 82.7 cm³/mol. The Hall–Kier alpha value is -0.620. The van der Waals surface area contributed by atoms with Crippen molar-refractivity contribution in [2.45, 2.75) is 62.9 Å². The quantitative estimate of drug-likeness (QED) is 0.905. The topological polar surface area (TPSA) is 55.6 Å². The fraction of sp³-hybridized carbons (Fsp3) is 0.929. The maximum absolute atomic E-state index is 4.12. The van der Waals surface area contributed by atoms with Gasteiger partial charge in [-0.15, -0.1) is 5.10 Å². The van der Waals surface area contributed by atoms with E-state index in [-0.39, 0.29) is 0 Å². The zero-order chi connectivity index (χ0) is 14.8. The highest BCUT2D eigenvalue weighted by atomic mass is 32.2. The minimum atomic E-state index is 0.426. The highest BCUT2D eigenvalue weighted by Crippen LogP contribution is 2.44. The van der Waals surface area contributed by atoms with Gasteiger partial charge >= 0.3 is 0 Å². The number of hydrogen-bond acceptors (Lipinski definition) is 5. The zero-order valence-corrected chi connectivity index (χ0v) is 14.1. The van der Waals surface area contributed by atoms with Gasteiger partial charge in [-0.05, 0) is 48.1 Å². The van der Waals surface area contributed by atoms with Gasteiger partial charge < -0.3 is 5.32 Å². The molecule has 20 heavy (non-hydrogen) atoms. The van der Waals surface area contributed by atoms with Crippen molar-refractivity contribution >= 4 is 11.8 Å². The van der Waals surface area contributed by atoms with Crippen LogP contribution in [0.1, 0.15) is 46.5 Å². The minimum Gasteiger partial charge on any atom is -0.316 e. The summed E-state index contributed by atoms with van der Waals surface area (Å²) in [5, 5.41) is 16.7. The molecule has 3 unspecified atom stereocenters. The van der Waals surface area contributed by atoms with Crippen molar-refractivity contribution < 1.29 is 0 Å². The van der Waals surface area contributed by atoms with Crippen LogP contribution in [0.3, 0.4) is 0 Å². The van der Waals surface area contributed by atoms with Crippen LogP contribution in [0, 0.1) is 11.3 Å². The number of aryl methyl sites for hydroxylation is 1. The molecule has 1 aliphatic rings. The van der Waals surface area contributed by atoms with Crippen LogP contribution in [0.2, 0.25) is 0 Å². The van der Waals surface area contributed by atoms with Crippen molar-refractivity contribution in [3.05, 3.63) is 0 Å². The van der Waals surface area contributed by atoms with E-state index in [9.17, 15) is 0 Å². The van der Waals surface area contributed by atoms with Crippen LogP contribution in [0.4, 0.5) is 0 Å². The third-order valence-corrected chi connectivity index (χ3v) is 6.40. The molecule has 0 aromatic carbocycles. The molecule has 1 fully saturated rings. The van der Waals surface area contributed by atoms with E-state index >= 15 is 0 Å². The van der Waals surface area contributed by atoms with Crippen LogP contribution in [-0.4, -0.2) is 38.5 Å². The number of nitrogens with one attached hydrogen (secondary N) is 1. The third-order valence-electron chi connectivity index (χ3n) is 5.02. The summed E-state index contributed by atoms with van der Waals surface area (Å²) in [5.74, 6) is 0.788. The van der Waals surface area contributed by atoms with Crippen molar-refractivity contribution in [2.24, 2.45) is 18.4 Å². The van der Waals surface area contributed by atoms with Crippen molar-refractivity contribution in [1.29, 1.82) is 0 Å². The van der Waals surface area contributed by atoms with E-state index in [4.69, 9.17) is 0 Å². The molecule has 0 aliphatic heterocycles. The second-order valence-electron chi connectivity index (χ2n) is 6.49. The maximum atomic E-state index is 4.12. The van der Waals surface area contributed by atoms with Gasteiger partial charge in [-0.2, -0.15) is 0 Å². The van der Waals surface area contributed by atoms with Crippen molar-refractivity contribution in [1.82, 2.24) is 25.5 Å². The summed E-state index contributed by atoms with van der Waals surface area (Å²) in [5.41, 5.74) is 0.426. The van der Waals surface area contributed by atoms with E-state index in [0.29, 0.717) is 16.7 Å². The van der Waals surface area contributed by atoms with Gasteiger partial charge in [-0.3, -0.25) is 0 Å². The summed E-state index contributed by atoms with van der Waals surface area (Å²) in [6.45, 7) is 7.12. The highest BCUT2D eigenvalue weighted by molar-refractivity contribution is 7.99. The Morgan fingerprint density at radius 3 is 2.70 bits per heavy atom. The second kappa shape index (κ2) is 6.43. The molecule has 1 aliphatic carbocycles. The molecule has 3 atom stereocenters. The predicted octanol–water partition coefficient (Wildman–Crippen LogP) is 2.50. The van der Waals surface area contributed by atoms with Gasteiger partial charge in [0.2, 0.25) is 5.16 Å². The Morgan fingerprint density at radius 2 is 2.15 bits per heavy atom. The van der Waals surface area contributed by atoms with Crippen molar-refractivity contribution in [3.63, 3.8) is 0 Å². The first-order valence-electron chi connectivity index (χ1n) is 7.54. The van der Waals surface area contributed by atoms with Gasteiger partial charge in [-0.25, -0.2) is 4.68 Å². The SMILES string of the molecule is CCC(C)(C)C1CCC(NC)C(Sc2nnnn2C)C1. The van der Waals surface area contributed by atoms with Gasteiger partial charge in [0.15, 0.2) is 0 Å². The molecule has 0 amide bonds. The summed E-state index contributed by atoms with van der Waals surface area (Å²) >= 11 is 1.83. The Balaban J connectivity index is 2.09. The van der Waals surface area contributed by atoms with Crippen LogP contribution >= 0.6 is 11.8 Å². The largest absolute Gasteiger partial charge is 0.316 e. The lowest BCUT2D eigenvalue weighted by Crippen LogP contribution is -2.43. The second-order valence-corrected chi connectivity index (χ2v) is 7.69. The summed E-state index contributed by atoms with van der Waals surface area (Å²) in [6.07, 6.45) is 5.04. The number of aromatic nitrogens is 4. The van der Waals surface area contributed by atoms with Gasteiger partial charge in [0.1, 0.15) is 0 Å². The molecule has 1 heterocycles. The minimum absolute atomic E-state index is 0.426. The lowest BCUT2D eigenvalue weighted by molar-refractivity contribution is 0.142. The number of rotatable bonds is 5. The molecule has 6 heteroatoms. The molecule has 5 nitrogen and oxygen atoms in total. The van der Waals surface area contributed by atoms with Gasteiger partial charge in [0, 0.05) is 18.3 Å². The summed E-state index contributed by atoms with van der Waals surface area (Å²) in [4.78, 5) is 0. The van der Waals surface area contributed by atoms with E-state index < -0.39 is 0 Å². The summed E-state index contributed by atoms with van der Waals surface area (Å²) in [6, 6.07) is 0.556. The normalized spacial score (nSPS) is 27.8. The van der Waals surface area contributed by atoms with Crippen LogP contribution in [0.15, 0.2) is 5.16 Å². The summed E-state index contributed by atoms with van der Waals surface area (Å²) < 4.78 is 1.77. The van der Waals surface area contributed by atoms with Crippen molar-refractivity contribution in [2.75, 3.05) is 7.05 Å². The molecule has 0 saturated heterocycles. The first-order valence-corrected chi connectivity index (χ1v) is 8.42. The number of hydrogen-bond donors (Lipinski definition) is 1. The van der Waals surface area contributed by atoms with Gasteiger partial charge in [-0.1, -0.05) is 39.0 Å². The Kier molecular flexibility index (Phi) is 5.07. The average Bonchev–Trinajstić information content (AvgIpc) is 2.84. The molecule has 1 aromatic heterocycles. The van der Waals surface area contributed by atoms with Crippen LogP contribution < -0.4 is 5.32 Å². The van der Waals surface area contributed by atoms with Gasteiger partial charge in [0.05, 0.1) is 0 Å². The zero-order valence-electron chi connectivity index (χ0n) is 13.3. The van der Waals surface area contributed by atoms with E-state index in [1.165, 1.54) is 25.7 Å². The molecule has 0 bridgehead atoms. The smallest absolute Gasteiger partial charge is 0.209 e. The molecule has 1 N–H and O–H groups in total. The lowest BCUT2D eigenvalue weighted by Gasteiger charge is -2.42. The molecule has 1 aromatic rings. The van der Waals surface area contributed by atoms with Crippen molar-refractivity contribution in [3.8, 4) is 0 Å². The third kappa shape index (κ3) is 3.34. The van der Waals surface area contributed by atoms with E-state index in [0.717, 1.165) is 11.1 Å². The average molecular weight is 297 g/mol. The first kappa shape index (κ1) is 15.8. The molecule has 0 radical (unpaired) electrons. The molecule has 1 saturated carbocycles. The van der Waals surface area contributed by atoms with E-state index in [1.807, 2.05) is 18.8 Å². The van der Waals surface area contributed by atoms with Crippen LogP contribution in [0.25, 0.3) is 0 Å². The number of thioether (sulfide) groups is 1. The fourth-order valence-electron chi connectivity index (χ4n) is 3.04. The molecular weight excluding hydrogens is 270 g/mol. The molecular formula is C14H27N5S. The standard InChI is InChI=1S/C14H27N5S/c1-6-14(2,3)10-7-8-11(15-4)12(9-10)20-13-16-17-18-19(13)5/h10-12,15H,6-9H2,1-5H3. The van der Waals surface area contributed by atoms with E-state index in [2.05, 4.69) is 48.7 Å². The first-order chi connectivity index (χ1) is 9.47. The Morgan fingerprint density at radius 1 is 1.40 bits per heavy atom. The number of nitrogens with zero attached hydrogens (tertiary/aromatic N) is 4. The van der Waals surface area contributed by atoms with Crippen LogP contribution in [0.5, 0.6) is 0 Å². The molecule has 2 rings (SSSR count).